The van der Waals surface area contributed by atoms with E-state index in [0.717, 1.165) is 35.5 Å². The molecule has 4 rings (SSSR count). The molecule has 168 valence electrons. The van der Waals surface area contributed by atoms with Gasteiger partial charge in [0, 0.05) is 37.3 Å². The number of nitriles is 1. The third-order valence-electron chi connectivity index (χ3n) is 6.58. The SMILES string of the molecule is Cc1[nH]c(=O)c(C#N)c(C)c1CCC(=O)NCC1(c2ccc3c(c2)OCO3)CCOCC1. The summed E-state index contributed by atoms with van der Waals surface area (Å²) in [7, 11) is 0. The van der Waals surface area contributed by atoms with Gasteiger partial charge in [-0.2, -0.15) is 5.26 Å². The lowest BCUT2D eigenvalue weighted by Gasteiger charge is -2.38. The predicted octanol–water partition coefficient (Wildman–Crippen LogP) is 2.39. The van der Waals surface area contributed by atoms with Gasteiger partial charge in [0.05, 0.1) is 0 Å². The molecule has 0 unspecified atom stereocenters. The van der Waals surface area contributed by atoms with E-state index in [1.54, 1.807) is 13.8 Å². The lowest BCUT2D eigenvalue weighted by molar-refractivity contribution is -0.121. The zero-order valence-corrected chi connectivity index (χ0v) is 18.4. The Hall–Kier alpha value is -3.31. The van der Waals surface area contributed by atoms with Crippen molar-refractivity contribution in [3.63, 3.8) is 0 Å². The highest BCUT2D eigenvalue weighted by Crippen LogP contribution is 2.40. The van der Waals surface area contributed by atoms with E-state index in [4.69, 9.17) is 14.2 Å². The highest BCUT2D eigenvalue weighted by molar-refractivity contribution is 5.76. The van der Waals surface area contributed by atoms with Crippen molar-refractivity contribution in [3.05, 3.63) is 56.5 Å². The number of aromatic amines is 1. The molecule has 1 aromatic heterocycles. The maximum Gasteiger partial charge on any atom is 0.266 e. The second kappa shape index (κ2) is 9.05. The van der Waals surface area contributed by atoms with Gasteiger partial charge in [-0.3, -0.25) is 9.59 Å². The van der Waals surface area contributed by atoms with E-state index in [9.17, 15) is 14.9 Å². The molecule has 8 heteroatoms. The lowest BCUT2D eigenvalue weighted by Crippen LogP contribution is -2.44. The molecule has 2 N–H and O–H groups in total. The Bertz CT molecular complexity index is 1130. The minimum atomic E-state index is -0.388. The summed E-state index contributed by atoms with van der Waals surface area (Å²) in [5.41, 5.74) is 2.77. The third kappa shape index (κ3) is 4.21. The predicted molar refractivity (Wildman–Crippen MR) is 117 cm³/mol. The molecule has 8 nitrogen and oxygen atoms in total. The van der Waals surface area contributed by atoms with Crippen LogP contribution in [0.4, 0.5) is 0 Å². The highest BCUT2D eigenvalue weighted by Gasteiger charge is 2.36. The standard InChI is InChI=1S/C24H27N3O5/c1-15-18(16(2)27-23(29)19(15)12-25)4-6-22(28)26-13-24(7-9-30-10-8-24)17-3-5-20-21(11-17)32-14-31-20/h3,5,11H,4,6-10,13-14H2,1-2H3,(H,26,28)(H,27,29). The number of ether oxygens (including phenoxy) is 3. The number of H-pyrrole nitrogens is 1. The summed E-state index contributed by atoms with van der Waals surface area (Å²) < 4.78 is 16.6. The molecule has 0 radical (unpaired) electrons. The maximum atomic E-state index is 12.7. The lowest BCUT2D eigenvalue weighted by atomic mass is 9.74. The summed E-state index contributed by atoms with van der Waals surface area (Å²) >= 11 is 0. The van der Waals surface area contributed by atoms with Gasteiger partial charge < -0.3 is 24.5 Å². The Morgan fingerprint density at radius 3 is 2.72 bits per heavy atom. The Morgan fingerprint density at radius 2 is 1.97 bits per heavy atom. The fourth-order valence-electron chi connectivity index (χ4n) is 4.57. The number of carbonyl (C=O) groups excluding carboxylic acids is 1. The van der Waals surface area contributed by atoms with Crippen LogP contribution in [0.5, 0.6) is 11.5 Å². The first-order chi connectivity index (χ1) is 15.4. The van der Waals surface area contributed by atoms with Crippen LogP contribution in [0.1, 0.15) is 47.2 Å². The minimum absolute atomic E-state index is 0.0693. The van der Waals surface area contributed by atoms with Crippen LogP contribution in [0.25, 0.3) is 0 Å². The Morgan fingerprint density at radius 1 is 1.22 bits per heavy atom. The molecule has 1 fully saturated rings. The van der Waals surface area contributed by atoms with E-state index in [2.05, 4.69) is 10.3 Å². The number of hydrogen-bond acceptors (Lipinski definition) is 6. The number of nitrogens with one attached hydrogen (secondary N) is 2. The first kappa shape index (κ1) is 21.9. The van der Waals surface area contributed by atoms with Crippen molar-refractivity contribution < 1.29 is 19.0 Å². The van der Waals surface area contributed by atoms with E-state index < -0.39 is 0 Å². The molecule has 1 amide bonds. The molecule has 0 bridgehead atoms. The van der Waals surface area contributed by atoms with Crippen molar-refractivity contribution in [3.8, 4) is 17.6 Å². The number of carbonyl (C=O) groups is 1. The van der Waals surface area contributed by atoms with Crippen LogP contribution >= 0.6 is 0 Å². The molecule has 0 saturated carbocycles. The number of aromatic nitrogens is 1. The van der Waals surface area contributed by atoms with Gasteiger partial charge in [0.15, 0.2) is 11.5 Å². The second-order valence-corrected chi connectivity index (χ2v) is 8.41. The van der Waals surface area contributed by atoms with Gasteiger partial charge in [0.1, 0.15) is 11.6 Å². The van der Waals surface area contributed by atoms with Crippen LogP contribution < -0.4 is 20.3 Å². The Kier molecular flexibility index (Phi) is 6.19. The quantitative estimate of drug-likeness (QED) is 0.717. The number of pyridine rings is 1. The third-order valence-corrected chi connectivity index (χ3v) is 6.58. The van der Waals surface area contributed by atoms with E-state index in [1.807, 2.05) is 24.3 Å². The summed E-state index contributed by atoms with van der Waals surface area (Å²) in [5.74, 6) is 1.40. The number of nitrogens with zero attached hydrogens (tertiary/aromatic N) is 1. The fourth-order valence-corrected chi connectivity index (χ4v) is 4.57. The zero-order chi connectivity index (χ0) is 22.7. The van der Waals surface area contributed by atoms with Crippen LogP contribution in [0, 0.1) is 25.2 Å². The molecule has 2 aromatic rings. The van der Waals surface area contributed by atoms with Crippen LogP contribution in [0.15, 0.2) is 23.0 Å². The van der Waals surface area contributed by atoms with Gasteiger partial charge in [-0.05, 0) is 61.9 Å². The van der Waals surface area contributed by atoms with Crippen molar-refractivity contribution in [2.24, 2.45) is 0 Å². The van der Waals surface area contributed by atoms with Gasteiger partial charge in [-0.1, -0.05) is 6.07 Å². The van der Waals surface area contributed by atoms with Crippen LogP contribution in [0.2, 0.25) is 0 Å². The highest BCUT2D eigenvalue weighted by atomic mass is 16.7. The first-order valence-corrected chi connectivity index (χ1v) is 10.8. The average molecular weight is 437 g/mol. The molecule has 1 aromatic carbocycles. The van der Waals surface area contributed by atoms with Crippen molar-refractivity contribution in [1.82, 2.24) is 10.3 Å². The van der Waals surface area contributed by atoms with Gasteiger partial charge in [0.2, 0.25) is 12.7 Å². The topological polar surface area (TPSA) is 113 Å². The molecule has 0 spiro atoms. The molecule has 0 aliphatic carbocycles. The summed E-state index contributed by atoms with van der Waals surface area (Å²) in [5, 5.41) is 12.3. The van der Waals surface area contributed by atoms with Crippen LogP contribution in [-0.2, 0) is 21.4 Å². The molecular weight excluding hydrogens is 410 g/mol. The molecule has 1 saturated heterocycles. The first-order valence-electron chi connectivity index (χ1n) is 10.8. The number of amides is 1. The van der Waals surface area contributed by atoms with Crippen LogP contribution in [-0.4, -0.2) is 37.4 Å². The van der Waals surface area contributed by atoms with Gasteiger partial charge >= 0.3 is 0 Å². The second-order valence-electron chi connectivity index (χ2n) is 8.41. The number of aryl methyl sites for hydroxylation is 1. The van der Waals surface area contributed by atoms with Crippen molar-refractivity contribution in [2.75, 3.05) is 26.6 Å². The molecule has 32 heavy (non-hydrogen) atoms. The van der Waals surface area contributed by atoms with Crippen LogP contribution in [0.3, 0.4) is 0 Å². The normalized spacial score (nSPS) is 16.4. The number of hydrogen-bond donors (Lipinski definition) is 2. The Labute approximate surface area is 186 Å². The van der Waals surface area contributed by atoms with Gasteiger partial charge in [-0.15, -0.1) is 0 Å². The minimum Gasteiger partial charge on any atom is -0.454 e. The Balaban J connectivity index is 1.45. The monoisotopic (exact) mass is 437 g/mol. The fraction of sp³-hybridized carbons (Fsp3) is 0.458. The van der Waals surface area contributed by atoms with E-state index in [-0.39, 0.29) is 35.7 Å². The molecule has 3 heterocycles. The maximum absolute atomic E-state index is 12.7. The van der Waals surface area contributed by atoms with Crippen molar-refractivity contribution >= 4 is 5.91 Å². The summed E-state index contributed by atoms with van der Waals surface area (Å²) in [6.45, 7) is 5.54. The zero-order valence-electron chi connectivity index (χ0n) is 18.4. The van der Waals surface area contributed by atoms with E-state index in [1.165, 1.54) is 0 Å². The van der Waals surface area contributed by atoms with Gasteiger partial charge in [-0.25, -0.2) is 0 Å². The molecular formula is C24H27N3O5. The van der Waals surface area contributed by atoms with E-state index >= 15 is 0 Å². The average Bonchev–Trinajstić information content (AvgIpc) is 3.26. The summed E-state index contributed by atoms with van der Waals surface area (Å²) in [6, 6.07) is 7.93. The number of fused-ring (bicyclic) bond motifs is 1. The smallest absolute Gasteiger partial charge is 0.266 e. The summed E-state index contributed by atoms with van der Waals surface area (Å²) in [4.78, 5) is 27.4. The molecule has 2 aliphatic heterocycles. The number of rotatable bonds is 6. The molecule has 2 aliphatic rings. The van der Waals surface area contributed by atoms with Gasteiger partial charge in [0.25, 0.3) is 5.56 Å². The van der Waals surface area contributed by atoms with E-state index in [0.29, 0.717) is 37.4 Å². The molecule has 0 atom stereocenters. The van der Waals surface area contributed by atoms with Crippen molar-refractivity contribution in [2.45, 2.75) is 44.9 Å². The number of benzene rings is 1. The largest absolute Gasteiger partial charge is 0.454 e. The van der Waals surface area contributed by atoms with Crippen molar-refractivity contribution in [1.29, 1.82) is 5.26 Å². The summed E-state index contributed by atoms with van der Waals surface area (Å²) in [6.07, 6.45) is 2.33.